The van der Waals surface area contributed by atoms with Gasteiger partial charge in [0.15, 0.2) is 5.11 Å². The molecule has 0 amide bonds. The molecule has 1 aromatic carbocycles. The molecule has 0 saturated carbocycles. The van der Waals surface area contributed by atoms with Crippen LogP contribution in [0.3, 0.4) is 0 Å². The van der Waals surface area contributed by atoms with E-state index in [4.69, 9.17) is 17.0 Å². The summed E-state index contributed by atoms with van der Waals surface area (Å²) in [4.78, 5) is 11.8. The van der Waals surface area contributed by atoms with Gasteiger partial charge in [0.1, 0.15) is 6.04 Å². The number of carbonyl (C=O) groups excluding carboxylic acids is 1. The minimum atomic E-state index is -0.455. The number of hydrogen-bond acceptors (Lipinski definition) is 3. The first-order chi connectivity index (χ1) is 10.4. The van der Waals surface area contributed by atoms with E-state index in [9.17, 15) is 4.79 Å². The van der Waals surface area contributed by atoms with E-state index < -0.39 is 6.04 Å². The third kappa shape index (κ3) is 4.70. The fourth-order valence-corrected chi connectivity index (χ4v) is 2.55. The Morgan fingerprint density at radius 3 is 2.18 bits per heavy atom. The standard InChI is InChI=1S/C17H26N2O2S/c1-6-12-9-8-10-13(7-2)15(12)19-17(22)18-14(11(3)4)16(20)21-5/h8-11,14H,6-7H2,1-5H3,(H2,18,19,22). The average molecular weight is 322 g/mol. The average Bonchev–Trinajstić information content (AvgIpc) is 2.51. The second-order valence-corrected chi connectivity index (χ2v) is 5.91. The van der Waals surface area contributed by atoms with Crippen molar-refractivity contribution in [2.75, 3.05) is 12.4 Å². The Labute approximate surface area is 138 Å². The minimum Gasteiger partial charge on any atom is -0.467 e. The maximum atomic E-state index is 11.8. The van der Waals surface area contributed by atoms with Gasteiger partial charge in [-0.3, -0.25) is 0 Å². The van der Waals surface area contributed by atoms with Crippen LogP contribution >= 0.6 is 12.2 Å². The van der Waals surface area contributed by atoms with Crippen LogP contribution in [-0.4, -0.2) is 24.2 Å². The molecule has 4 nitrogen and oxygen atoms in total. The highest BCUT2D eigenvalue weighted by Gasteiger charge is 2.24. The molecule has 1 rings (SSSR count). The summed E-state index contributed by atoms with van der Waals surface area (Å²) >= 11 is 5.38. The van der Waals surface area contributed by atoms with E-state index in [0.29, 0.717) is 5.11 Å². The Morgan fingerprint density at radius 1 is 1.23 bits per heavy atom. The molecule has 0 saturated heterocycles. The summed E-state index contributed by atoms with van der Waals surface area (Å²) < 4.78 is 4.83. The molecular formula is C17H26N2O2S. The predicted molar refractivity (Wildman–Crippen MR) is 95.2 cm³/mol. The van der Waals surface area contributed by atoms with Crippen molar-refractivity contribution in [1.82, 2.24) is 5.32 Å². The molecule has 5 heteroatoms. The lowest BCUT2D eigenvalue weighted by atomic mass is 10.0. The summed E-state index contributed by atoms with van der Waals surface area (Å²) in [6.07, 6.45) is 1.84. The molecule has 0 aromatic heterocycles. The molecule has 0 radical (unpaired) electrons. The number of esters is 1. The molecule has 2 N–H and O–H groups in total. The van der Waals surface area contributed by atoms with Crippen molar-refractivity contribution in [1.29, 1.82) is 0 Å². The van der Waals surface area contributed by atoms with Gasteiger partial charge in [0.25, 0.3) is 0 Å². The maximum absolute atomic E-state index is 11.8. The lowest BCUT2D eigenvalue weighted by Crippen LogP contribution is -2.46. The van der Waals surface area contributed by atoms with Gasteiger partial charge in [-0.1, -0.05) is 45.9 Å². The molecule has 22 heavy (non-hydrogen) atoms. The Balaban J connectivity index is 2.91. The zero-order valence-corrected chi connectivity index (χ0v) is 14.8. The highest BCUT2D eigenvalue weighted by Crippen LogP contribution is 2.22. The van der Waals surface area contributed by atoms with E-state index >= 15 is 0 Å². The van der Waals surface area contributed by atoms with Crippen LogP contribution in [0.5, 0.6) is 0 Å². The number of anilines is 1. The van der Waals surface area contributed by atoms with Gasteiger partial charge in [-0.05, 0) is 42.1 Å². The molecular weight excluding hydrogens is 296 g/mol. The first kappa shape index (κ1) is 18.4. The molecule has 1 unspecified atom stereocenters. The summed E-state index contributed by atoms with van der Waals surface area (Å²) in [6, 6.07) is 5.78. The van der Waals surface area contributed by atoms with Gasteiger partial charge in [0, 0.05) is 5.69 Å². The van der Waals surface area contributed by atoms with Gasteiger partial charge in [-0.2, -0.15) is 0 Å². The molecule has 0 aliphatic carbocycles. The number of rotatable bonds is 6. The largest absolute Gasteiger partial charge is 0.467 e. The zero-order chi connectivity index (χ0) is 16.7. The zero-order valence-electron chi connectivity index (χ0n) is 14.0. The van der Waals surface area contributed by atoms with Crippen LogP contribution in [0.15, 0.2) is 18.2 Å². The summed E-state index contributed by atoms with van der Waals surface area (Å²) in [5, 5.41) is 6.77. The summed E-state index contributed by atoms with van der Waals surface area (Å²) in [6.45, 7) is 8.13. The van der Waals surface area contributed by atoms with Gasteiger partial charge < -0.3 is 15.4 Å². The maximum Gasteiger partial charge on any atom is 0.328 e. The summed E-state index contributed by atoms with van der Waals surface area (Å²) in [5.41, 5.74) is 3.46. The fraction of sp³-hybridized carbons (Fsp3) is 0.529. The number of aryl methyl sites for hydroxylation is 2. The second kappa shape index (κ2) is 8.73. The van der Waals surface area contributed by atoms with Gasteiger partial charge in [0.05, 0.1) is 7.11 Å². The van der Waals surface area contributed by atoms with E-state index in [2.05, 4.69) is 42.7 Å². The third-order valence-corrected chi connectivity index (χ3v) is 3.87. The van der Waals surface area contributed by atoms with Crippen LogP contribution in [0.4, 0.5) is 5.69 Å². The van der Waals surface area contributed by atoms with Crippen LogP contribution in [0, 0.1) is 5.92 Å². The van der Waals surface area contributed by atoms with Crippen molar-refractivity contribution in [3.63, 3.8) is 0 Å². The van der Waals surface area contributed by atoms with Crippen molar-refractivity contribution in [2.45, 2.75) is 46.6 Å². The van der Waals surface area contributed by atoms with E-state index in [1.807, 2.05) is 13.8 Å². The summed E-state index contributed by atoms with van der Waals surface area (Å²) in [5.74, 6) is -0.224. The van der Waals surface area contributed by atoms with Crippen molar-refractivity contribution in [3.05, 3.63) is 29.3 Å². The number of benzene rings is 1. The van der Waals surface area contributed by atoms with Crippen LogP contribution in [-0.2, 0) is 22.4 Å². The predicted octanol–water partition coefficient (Wildman–Crippen LogP) is 3.30. The Hall–Kier alpha value is -1.62. The molecule has 122 valence electrons. The molecule has 0 aliphatic heterocycles. The molecule has 1 atom stereocenters. The number of nitrogens with one attached hydrogen (secondary N) is 2. The molecule has 0 bridgehead atoms. The number of hydrogen-bond donors (Lipinski definition) is 2. The van der Waals surface area contributed by atoms with E-state index in [1.165, 1.54) is 18.2 Å². The Kier molecular flexibility index (Phi) is 7.32. The molecule has 0 spiro atoms. The first-order valence-corrected chi connectivity index (χ1v) is 8.11. The summed E-state index contributed by atoms with van der Waals surface area (Å²) in [7, 11) is 1.39. The number of para-hydroxylation sites is 1. The lowest BCUT2D eigenvalue weighted by Gasteiger charge is -2.23. The lowest BCUT2D eigenvalue weighted by molar-refractivity contribution is -0.143. The molecule has 0 aliphatic rings. The van der Waals surface area contributed by atoms with E-state index in [-0.39, 0.29) is 11.9 Å². The molecule has 1 aromatic rings. The quantitative estimate of drug-likeness (QED) is 0.622. The van der Waals surface area contributed by atoms with Crippen molar-refractivity contribution in [3.8, 4) is 0 Å². The number of methoxy groups -OCH3 is 1. The number of thiocarbonyl (C=S) groups is 1. The van der Waals surface area contributed by atoms with Gasteiger partial charge in [-0.25, -0.2) is 4.79 Å². The van der Waals surface area contributed by atoms with Gasteiger partial charge in [0.2, 0.25) is 0 Å². The van der Waals surface area contributed by atoms with Crippen LogP contribution < -0.4 is 10.6 Å². The van der Waals surface area contributed by atoms with E-state index in [1.54, 1.807) is 0 Å². The van der Waals surface area contributed by atoms with Crippen LogP contribution in [0.25, 0.3) is 0 Å². The highest BCUT2D eigenvalue weighted by molar-refractivity contribution is 7.80. The minimum absolute atomic E-state index is 0.0827. The van der Waals surface area contributed by atoms with E-state index in [0.717, 1.165) is 18.5 Å². The van der Waals surface area contributed by atoms with Crippen LogP contribution in [0.2, 0.25) is 0 Å². The first-order valence-electron chi connectivity index (χ1n) is 7.70. The smallest absolute Gasteiger partial charge is 0.328 e. The highest BCUT2D eigenvalue weighted by atomic mass is 32.1. The van der Waals surface area contributed by atoms with Crippen molar-refractivity contribution in [2.24, 2.45) is 5.92 Å². The molecule has 0 heterocycles. The second-order valence-electron chi connectivity index (χ2n) is 5.50. The topological polar surface area (TPSA) is 50.4 Å². The number of ether oxygens (including phenoxy) is 1. The normalized spacial score (nSPS) is 11.9. The molecule has 0 fully saturated rings. The Bertz CT molecular complexity index is 507. The SMILES string of the molecule is CCc1cccc(CC)c1NC(=S)NC(C(=O)OC)C(C)C. The fourth-order valence-electron chi connectivity index (χ4n) is 2.32. The Morgan fingerprint density at radius 2 is 1.77 bits per heavy atom. The monoisotopic (exact) mass is 322 g/mol. The van der Waals surface area contributed by atoms with Gasteiger partial charge >= 0.3 is 5.97 Å². The van der Waals surface area contributed by atoms with Crippen LogP contribution in [0.1, 0.15) is 38.8 Å². The van der Waals surface area contributed by atoms with Crippen molar-refractivity contribution >= 4 is 29.0 Å². The van der Waals surface area contributed by atoms with Crippen molar-refractivity contribution < 1.29 is 9.53 Å². The third-order valence-electron chi connectivity index (χ3n) is 3.65. The number of carbonyl (C=O) groups is 1. The van der Waals surface area contributed by atoms with Gasteiger partial charge in [-0.15, -0.1) is 0 Å².